The molecule has 2 fully saturated rings. The minimum Gasteiger partial charge on any atom is -0.508 e. The predicted molar refractivity (Wildman–Crippen MR) is 146 cm³/mol. The third kappa shape index (κ3) is 4.74. The van der Waals surface area contributed by atoms with Crippen LogP contribution in [0.25, 0.3) is 0 Å². The first-order valence-electron chi connectivity index (χ1n) is 13.1. The van der Waals surface area contributed by atoms with Gasteiger partial charge in [0.1, 0.15) is 17.5 Å². The van der Waals surface area contributed by atoms with E-state index in [4.69, 9.17) is 0 Å². The lowest BCUT2D eigenvalue weighted by molar-refractivity contribution is -0.137. The monoisotopic (exact) mass is 603 g/mol. The van der Waals surface area contributed by atoms with E-state index in [9.17, 15) is 37.5 Å². The van der Waals surface area contributed by atoms with Gasteiger partial charge in [-0.05, 0) is 43.5 Å². The number of imide groups is 1. The number of hydrogen-bond donors (Lipinski definition) is 1. The zero-order valence-electron chi connectivity index (χ0n) is 21.5. The van der Waals surface area contributed by atoms with Crippen molar-refractivity contribution in [3.63, 3.8) is 0 Å². The molecule has 41 heavy (non-hydrogen) atoms. The molecule has 1 N–H and O–H groups in total. The largest absolute Gasteiger partial charge is 0.508 e. The number of phenols is 1. The Morgan fingerprint density at radius 1 is 0.976 bits per heavy atom. The number of benzene rings is 2. The quantitative estimate of drug-likeness (QED) is 0.443. The Bertz CT molecular complexity index is 1610. The van der Waals surface area contributed by atoms with Crippen molar-refractivity contribution in [1.29, 1.82) is 0 Å². The van der Waals surface area contributed by atoms with Crippen molar-refractivity contribution < 1.29 is 32.7 Å². The van der Waals surface area contributed by atoms with Crippen molar-refractivity contribution in [2.45, 2.75) is 48.2 Å². The Kier molecular flexibility index (Phi) is 6.97. The minimum absolute atomic E-state index is 0.149. The van der Waals surface area contributed by atoms with Gasteiger partial charge >= 0.3 is 11.0 Å². The lowest BCUT2D eigenvalue weighted by Gasteiger charge is -2.31. The van der Waals surface area contributed by atoms with E-state index in [2.05, 4.69) is 0 Å². The molecule has 0 spiro atoms. The summed E-state index contributed by atoms with van der Waals surface area (Å²) >= 11 is 1.82. The van der Waals surface area contributed by atoms with E-state index in [1.807, 2.05) is 0 Å². The van der Waals surface area contributed by atoms with Gasteiger partial charge in [-0.15, -0.1) is 0 Å². The van der Waals surface area contributed by atoms with Gasteiger partial charge in [0.05, 0.1) is 22.2 Å². The van der Waals surface area contributed by atoms with Crippen LogP contribution in [0.1, 0.15) is 41.2 Å². The number of fused-ring (bicyclic) bond motifs is 2. The van der Waals surface area contributed by atoms with Gasteiger partial charge in [-0.1, -0.05) is 47.4 Å². The highest BCUT2D eigenvalue weighted by molar-refractivity contribution is 8.00. The van der Waals surface area contributed by atoms with E-state index in [0.29, 0.717) is 28.6 Å². The van der Waals surface area contributed by atoms with E-state index in [-0.39, 0.29) is 23.9 Å². The molecule has 3 atom stereocenters. The maximum absolute atomic E-state index is 13.9. The lowest BCUT2D eigenvalue weighted by Crippen LogP contribution is -2.39. The summed E-state index contributed by atoms with van der Waals surface area (Å²) in [4.78, 5) is 56.4. The zero-order valence-corrected chi connectivity index (χ0v) is 23.1. The van der Waals surface area contributed by atoms with E-state index >= 15 is 0 Å². The number of aromatic nitrogens is 1. The summed E-state index contributed by atoms with van der Waals surface area (Å²) in [5.74, 6) is -3.83. The molecule has 13 heteroatoms. The third-order valence-corrected chi connectivity index (χ3v) is 10.4. The molecule has 214 valence electrons. The van der Waals surface area contributed by atoms with Gasteiger partial charge in [0.2, 0.25) is 17.7 Å². The SMILES string of the molecule is O=C(Cn1c2c(sc1=O)[C@@H](c1ccccc1O)C1C(=O)N(c3cccc(C(F)(F)F)c3)C(=O)C1S2)N1CCCCC1. The Labute approximate surface area is 240 Å². The minimum atomic E-state index is -4.68. The molecule has 3 amide bonds. The molecule has 0 aliphatic carbocycles. The fourth-order valence-corrected chi connectivity index (χ4v) is 8.56. The van der Waals surface area contributed by atoms with Crippen molar-refractivity contribution in [3.8, 4) is 5.75 Å². The molecule has 3 aliphatic rings. The number of thioether (sulfide) groups is 1. The van der Waals surface area contributed by atoms with Gasteiger partial charge in [0.15, 0.2) is 0 Å². The molecular weight excluding hydrogens is 579 g/mol. The second kappa shape index (κ2) is 10.4. The number of halogens is 3. The highest BCUT2D eigenvalue weighted by Gasteiger charge is 2.57. The van der Waals surface area contributed by atoms with Crippen molar-refractivity contribution in [2.24, 2.45) is 5.92 Å². The number of nitrogens with zero attached hydrogens (tertiary/aromatic N) is 3. The Hall–Kier alpha value is -3.58. The number of piperidine rings is 1. The molecule has 6 rings (SSSR count). The van der Waals surface area contributed by atoms with Gasteiger partial charge in [-0.2, -0.15) is 13.2 Å². The van der Waals surface area contributed by atoms with E-state index < -0.39 is 45.5 Å². The van der Waals surface area contributed by atoms with Gasteiger partial charge in [0.25, 0.3) is 0 Å². The Morgan fingerprint density at radius 2 is 1.71 bits per heavy atom. The fourth-order valence-electron chi connectivity index (χ4n) is 5.80. The number of carbonyl (C=O) groups is 3. The van der Waals surface area contributed by atoms with Crippen LogP contribution in [0.5, 0.6) is 5.75 Å². The number of rotatable bonds is 4. The molecule has 2 aromatic carbocycles. The standard InChI is InChI=1S/C28H24F3N3O5S2/c29-28(30,31)15-7-6-8-16(13-15)34-24(37)21-20(17-9-2-3-10-18(17)35)23-26(40-22(21)25(34)38)33(27(39)41-23)14-19(36)32-11-4-1-5-12-32/h2-3,6-10,13,20-22,35H,1,4-5,11-12,14H2/t20-,21?,22?/m0/s1. The summed E-state index contributed by atoms with van der Waals surface area (Å²) in [6.07, 6.45) is -1.91. The molecule has 8 nitrogen and oxygen atoms in total. The van der Waals surface area contributed by atoms with Gasteiger partial charge in [-0.3, -0.25) is 23.7 Å². The summed E-state index contributed by atoms with van der Waals surface area (Å²) in [7, 11) is 0. The molecule has 2 saturated heterocycles. The predicted octanol–water partition coefficient (Wildman–Crippen LogP) is 4.44. The van der Waals surface area contributed by atoms with E-state index in [1.54, 1.807) is 23.1 Å². The maximum atomic E-state index is 13.9. The molecule has 0 saturated carbocycles. The second-order valence-electron chi connectivity index (χ2n) is 10.2. The summed E-state index contributed by atoms with van der Waals surface area (Å²) in [5, 5.41) is 10.0. The number of amides is 3. The first-order valence-corrected chi connectivity index (χ1v) is 14.8. The number of thiazole rings is 1. The zero-order chi connectivity index (χ0) is 29.1. The summed E-state index contributed by atoms with van der Waals surface area (Å²) in [6, 6.07) is 10.3. The molecule has 4 heterocycles. The molecule has 1 aromatic heterocycles. The average Bonchev–Trinajstić information content (AvgIpc) is 3.39. The Morgan fingerprint density at radius 3 is 2.41 bits per heavy atom. The van der Waals surface area contributed by atoms with Crippen LogP contribution < -0.4 is 9.77 Å². The van der Waals surface area contributed by atoms with Crippen molar-refractivity contribution in [1.82, 2.24) is 9.47 Å². The van der Waals surface area contributed by atoms with Gasteiger partial charge in [0, 0.05) is 29.4 Å². The van der Waals surface area contributed by atoms with Crippen LogP contribution in [0.2, 0.25) is 0 Å². The van der Waals surface area contributed by atoms with Crippen LogP contribution >= 0.6 is 23.1 Å². The van der Waals surface area contributed by atoms with Crippen molar-refractivity contribution >= 4 is 46.5 Å². The summed E-state index contributed by atoms with van der Waals surface area (Å²) < 4.78 is 41.7. The molecular formula is C28H24F3N3O5S2. The summed E-state index contributed by atoms with van der Waals surface area (Å²) in [6.45, 7) is 0.955. The number of likely N-dealkylation sites (tertiary alicyclic amines) is 1. The summed E-state index contributed by atoms with van der Waals surface area (Å²) in [5.41, 5.74) is -0.895. The topological polar surface area (TPSA) is 99.9 Å². The van der Waals surface area contributed by atoms with Crippen molar-refractivity contribution in [3.05, 3.63) is 74.2 Å². The first-order chi connectivity index (χ1) is 19.6. The smallest absolute Gasteiger partial charge is 0.416 e. The highest BCUT2D eigenvalue weighted by atomic mass is 32.2. The average molecular weight is 604 g/mol. The fraction of sp³-hybridized carbons (Fsp3) is 0.357. The third-order valence-electron chi connectivity index (χ3n) is 7.75. The molecule has 0 bridgehead atoms. The van der Waals surface area contributed by atoms with E-state index in [0.717, 1.165) is 65.5 Å². The maximum Gasteiger partial charge on any atom is 0.416 e. The molecule has 3 aromatic rings. The number of anilines is 1. The van der Waals surface area contributed by atoms with Crippen LogP contribution in [0.4, 0.5) is 18.9 Å². The Balaban J connectivity index is 1.44. The van der Waals surface area contributed by atoms with Crippen LogP contribution in [0, 0.1) is 5.92 Å². The second-order valence-corrected chi connectivity index (χ2v) is 12.3. The number of aromatic hydroxyl groups is 1. The lowest BCUT2D eigenvalue weighted by atomic mass is 9.82. The number of para-hydroxylation sites is 1. The first kappa shape index (κ1) is 27.6. The van der Waals surface area contributed by atoms with Crippen LogP contribution in [-0.2, 0) is 27.1 Å². The number of alkyl halides is 3. The van der Waals surface area contributed by atoms with Crippen LogP contribution in [-0.4, -0.2) is 50.6 Å². The number of hydrogen-bond acceptors (Lipinski definition) is 7. The van der Waals surface area contributed by atoms with E-state index in [1.165, 1.54) is 16.7 Å². The molecule has 3 aliphatic heterocycles. The van der Waals surface area contributed by atoms with Crippen LogP contribution in [0.15, 0.2) is 58.4 Å². The number of carbonyl (C=O) groups excluding carboxylic acids is 3. The van der Waals surface area contributed by atoms with Gasteiger partial charge < -0.3 is 10.0 Å². The van der Waals surface area contributed by atoms with Crippen LogP contribution in [0.3, 0.4) is 0 Å². The van der Waals surface area contributed by atoms with Crippen molar-refractivity contribution in [2.75, 3.05) is 18.0 Å². The highest BCUT2D eigenvalue weighted by Crippen LogP contribution is 2.55. The van der Waals surface area contributed by atoms with Gasteiger partial charge in [-0.25, -0.2) is 4.90 Å². The molecule has 2 unspecified atom stereocenters. The normalized spacial score (nSPS) is 22.6. The number of phenolic OH excluding ortho intramolecular Hbond substituents is 1. The molecule has 0 radical (unpaired) electrons.